The summed E-state index contributed by atoms with van der Waals surface area (Å²) >= 11 is 0. The van der Waals surface area contributed by atoms with Gasteiger partial charge in [-0.25, -0.2) is 0 Å². The highest BCUT2D eigenvalue weighted by molar-refractivity contribution is 7.86. The molecular weight excluding hydrogens is 1780 g/mol. The molecule has 5 aliphatic rings. The molecule has 0 aromatic heterocycles. The Kier molecular flexibility index (Phi) is 37.4. The van der Waals surface area contributed by atoms with Crippen LogP contribution in [0.3, 0.4) is 0 Å². The third kappa shape index (κ3) is 30.9. The number of benzene rings is 4. The molecule has 0 unspecified atom stereocenters. The average molecular weight is 1910 g/mol. The number of ether oxygens (including phenoxy) is 1. The first-order chi connectivity index (χ1) is 61.7. The number of aliphatic carboxylic acids is 3. The SMILES string of the molecule is C[C@@H](NC(=O)c1ccc(NNC(=O)CCCCC(=O)[C@@H](CCCCNC(=O)CCCCC[N+]2=C(/C=C/C3=C(Oc4ccc(S(=O)(=O)O)cc4)C(=C/C=C4/N(CCCCS(=O)(=O)O)c5ccc(S(=O)(=O)O)cc5C4(C)C)/CCC3)C(C)(C)c3cc(S(=O)(=O)O)ccc32)NC(=O)CN2CCN(CC(=O)O)CCN(CC(=O)O)CCN(CC(=O)O)CC2)cc1)C(=O)N1CCC[C@H]1B(O)O. The molecule has 131 heavy (non-hydrogen) atoms. The number of allylic oxidation sites excluding steroid dienone is 7. The quantitative estimate of drug-likeness (QED) is 0.00871. The first kappa shape index (κ1) is 105. The molecule has 44 heteroatoms. The minimum absolute atomic E-state index is 0.0245. The van der Waals surface area contributed by atoms with Crippen molar-refractivity contribution in [3.05, 3.63) is 149 Å². The lowest BCUT2D eigenvalue weighted by Gasteiger charge is -2.33. The third-order valence-electron chi connectivity index (χ3n) is 23.9. The number of carboxylic acids is 3. The van der Waals surface area contributed by atoms with Crippen molar-refractivity contribution in [3.8, 4) is 5.75 Å². The highest BCUT2D eigenvalue weighted by atomic mass is 32.2. The van der Waals surface area contributed by atoms with Gasteiger partial charge in [-0.3, -0.25) is 91.8 Å². The first-order valence-corrected chi connectivity index (χ1v) is 49.6. The summed E-state index contributed by atoms with van der Waals surface area (Å²) in [5.41, 5.74) is 9.21. The number of carboxylic acid groups (broad SMARTS) is 3. The number of carbonyl (C=O) groups is 9. The van der Waals surface area contributed by atoms with Crippen molar-refractivity contribution >= 4 is 124 Å². The molecule has 5 amide bonds. The predicted molar refractivity (Wildman–Crippen MR) is 484 cm³/mol. The van der Waals surface area contributed by atoms with E-state index in [1.807, 2.05) is 61.5 Å². The van der Waals surface area contributed by atoms with Gasteiger partial charge in [0.1, 0.15) is 24.1 Å². The summed E-state index contributed by atoms with van der Waals surface area (Å²) in [4.78, 5) is 126. The molecule has 4 aromatic rings. The van der Waals surface area contributed by atoms with Gasteiger partial charge < -0.3 is 55.9 Å². The molecule has 0 spiro atoms. The monoisotopic (exact) mass is 1900 g/mol. The molecule has 3 atom stereocenters. The maximum atomic E-state index is 14.3. The number of likely N-dealkylation sites (tertiary alicyclic amines) is 1. The van der Waals surface area contributed by atoms with Gasteiger partial charge in [0, 0.05) is 138 Å². The highest BCUT2D eigenvalue weighted by Crippen LogP contribution is 2.49. The third-order valence-corrected chi connectivity index (χ3v) is 27.3. The van der Waals surface area contributed by atoms with E-state index in [1.54, 1.807) is 31.7 Å². The minimum atomic E-state index is -4.68. The summed E-state index contributed by atoms with van der Waals surface area (Å²) in [5, 5.41) is 57.2. The fourth-order valence-electron chi connectivity index (χ4n) is 16.9. The number of anilines is 2. The number of ketones is 1. The highest BCUT2D eigenvalue weighted by Gasteiger charge is 2.46. The summed E-state index contributed by atoms with van der Waals surface area (Å²) in [6.45, 7) is 9.83. The van der Waals surface area contributed by atoms with E-state index in [-0.39, 0.29) is 168 Å². The van der Waals surface area contributed by atoms with E-state index in [0.29, 0.717) is 134 Å². The summed E-state index contributed by atoms with van der Waals surface area (Å²) in [6, 6.07) is 17.7. The second-order valence-electron chi connectivity index (χ2n) is 34.4. The molecule has 14 N–H and O–H groups in total. The Balaban J connectivity index is 0.864. The van der Waals surface area contributed by atoms with Crippen LogP contribution in [-0.4, -0.2) is 301 Å². The number of hydrogen-bond donors (Lipinski definition) is 14. The van der Waals surface area contributed by atoms with Crippen molar-refractivity contribution in [2.24, 2.45) is 0 Å². The number of fused-ring (bicyclic) bond motifs is 2. The maximum Gasteiger partial charge on any atom is 0.475 e. The minimum Gasteiger partial charge on any atom is -0.480 e. The Morgan fingerprint density at radius 1 is 0.565 bits per heavy atom. The Hall–Kier alpha value is -10.2. The molecule has 716 valence electrons. The first-order valence-electron chi connectivity index (χ1n) is 43.6. The lowest BCUT2D eigenvalue weighted by atomic mass is 9.78. The summed E-state index contributed by atoms with van der Waals surface area (Å²) in [5.74, 6) is -6.71. The number of hydrazine groups is 1. The zero-order valence-electron chi connectivity index (χ0n) is 74.1. The van der Waals surface area contributed by atoms with E-state index < -0.39 is 137 Å². The number of carbonyl (C=O) groups excluding carboxylic acids is 6. The van der Waals surface area contributed by atoms with Gasteiger partial charge >= 0.3 is 25.0 Å². The van der Waals surface area contributed by atoms with E-state index in [0.717, 1.165) is 0 Å². The van der Waals surface area contributed by atoms with Crippen LogP contribution in [0, 0.1) is 0 Å². The van der Waals surface area contributed by atoms with Crippen LogP contribution in [0.15, 0.2) is 147 Å². The van der Waals surface area contributed by atoms with E-state index in [9.17, 15) is 120 Å². The molecule has 1 aliphatic carbocycles. The topological polar surface area (TPSA) is 564 Å². The van der Waals surface area contributed by atoms with Gasteiger partial charge in [0.2, 0.25) is 29.3 Å². The molecule has 0 radical (unpaired) electrons. The smallest absolute Gasteiger partial charge is 0.475 e. The van der Waals surface area contributed by atoms with Crippen molar-refractivity contribution in [1.29, 1.82) is 0 Å². The van der Waals surface area contributed by atoms with Crippen molar-refractivity contribution < 1.29 is 130 Å². The Morgan fingerprint density at radius 2 is 1.12 bits per heavy atom. The van der Waals surface area contributed by atoms with Crippen LogP contribution < -0.4 is 36.4 Å². The van der Waals surface area contributed by atoms with Crippen LogP contribution >= 0.6 is 0 Å². The van der Waals surface area contributed by atoms with E-state index in [1.165, 1.54) is 84.6 Å². The molecule has 39 nitrogen and oxygen atoms in total. The second-order valence-corrected chi connectivity index (χ2v) is 40.2. The lowest BCUT2D eigenvalue weighted by molar-refractivity contribution is -0.438. The van der Waals surface area contributed by atoms with Gasteiger partial charge in [-0.2, -0.15) is 38.2 Å². The number of rotatable bonds is 45. The van der Waals surface area contributed by atoms with Gasteiger partial charge in [-0.15, -0.1) is 0 Å². The number of hydrogen-bond acceptors (Lipinski definition) is 26. The van der Waals surface area contributed by atoms with Gasteiger partial charge in [0.25, 0.3) is 46.4 Å². The normalized spacial score (nSPS) is 18.5. The van der Waals surface area contributed by atoms with E-state index >= 15 is 0 Å². The summed E-state index contributed by atoms with van der Waals surface area (Å²) < 4.78 is 147. The standard InChI is InChI=1S/C87H119BN12O27S4/c1-59(85(112)100-43-16-21-76(100)88(113)114)90-84(111)62-24-28-63(29-25-62)92-93-78(103)23-9-8-20-73(101)70(91-79(104)55-94-44-46-95(56-80(105)106)48-50-97(58-82(109)110)51-49-96(47-45-94)57-81(107)108)19-10-11-40-89-77(102)22-7-6-12-41-98-71-36-34-66(130(121,122)123)53-68(71)86(2,3)74(98)38-26-60-17-15-18-61(83(60)127-64-30-32-65(33-31-64)129(118,119)120)27-39-75-87(4,5)69-54-67(131(124,125)126)35-37-72(69)99(75)42-13-14-52-128(115,116)117/h24-39,53-54,59,70,76,113-114H,6-23,40-52,55-58H2,1-5H3,(H11-,89,90,91,92,93,102,103,104,105,106,107,108,109,110,111,115,116,117,118,119,120,121,122,123,124,125,126)/p+1/t59-,70-,76+/m1/s1. The molecule has 0 bridgehead atoms. The number of amides is 5. The number of Topliss-reactive ketones (excluding diaryl/α,β-unsaturated/α-hetero) is 1. The zero-order valence-corrected chi connectivity index (χ0v) is 77.4. The van der Waals surface area contributed by atoms with Crippen LogP contribution in [0.25, 0.3) is 0 Å². The molecule has 4 heterocycles. The largest absolute Gasteiger partial charge is 0.480 e. The van der Waals surface area contributed by atoms with Crippen molar-refractivity contribution in [3.63, 3.8) is 0 Å². The lowest BCUT2D eigenvalue weighted by Crippen LogP contribution is -2.52. The Morgan fingerprint density at radius 3 is 1.70 bits per heavy atom. The molecular formula is C87H120BN12O27S4+. The van der Waals surface area contributed by atoms with Crippen LogP contribution in [0.4, 0.5) is 17.1 Å². The van der Waals surface area contributed by atoms with Crippen LogP contribution in [0.1, 0.15) is 172 Å². The summed E-state index contributed by atoms with van der Waals surface area (Å²) in [7, 11) is -19.9. The van der Waals surface area contributed by atoms with Gasteiger partial charge in [0.15, 0.2) is 11.5 Å². The molecule has 4 aromatic carbocycles. The van der Waals surface area contributed by atoms with E-state index in [2.05, 4.69) is 26.8 Å². The zero-order chi connectivity index (χ0) is 95.9. The fraction of sp³-hybridized carbons (Fsp3) is 0.517. The second kappa shape index (κ2) is 46.9. The predicted octanol–water partition coefficient (Wildman–Crippen LogP) is 5.35. The molecule has 2 saturated heterocycles. The van der Waals surface area contributed by atoms with Crippen molar-refractivity contribution in [2.75, 3.05) is 121 Å². The maximum absolute atomic E-state index is 14.3. The van der Waals surface area contributed by atoms with Crippen LogP contribution in [0.5, 0.6) is 5.75 Å². The van der Waals surface area contributed by atoms with Crippen LogP contribution in [-0.2, 0) is 89.7 Å². The van der Waals surface area contributed by atoms with Crippen molar-refractivity contribution in [1.82, 2.24) is 45.9 Å². The number of nitrogens with one attached hydrogen (secondary N) is 5. The van der Waals surface area contributed by atoms with Gasteiger partial charge in [-0.1, -0.05) is 19.9 Å². The average Bonchev–Trinajstić information content (AvgIpc) is 1.59. The Labute approximate surface area is 763 Å². The fourth-order valence-corrected chi connectivity index (χ4v) is 18.9. The number of nitrogens with zero attached hydrogens (tertiary/aromatic N) is 7. The molecule has 9 rings (SSSR count). The van der Waals surface area contributed by atoms with Gasteiger partial charge in [-0.05, 0) is 218 Å². The molecule has 0 saturated carbocycles. The van der Waals surface area contributed by atoms with Crippen molar-refractivity contribution in [2.45, 2.75) is 194 Å². The van der Waals surface area contributed by atoms with E-state index in [4.69, 9.17) is 4.74 Å². The summed E-state index contributed by atoms with van der Waals surface area (Å²) in [6.07, 6.45) is 13.2. The van der Waals surface area contributed by atoms with Crippen LogP contribution in [0.2, 0.25) is 0 Å². The molecule has 4 aliphatic heterocycles. The Bertz CT molecular complexity index is 5450. The molecule has 2 fully saturated rings. The number of unbranched alkanes of at least 4 members (excludes halogenated alkanes) is 5. The van der Waals surface area contributed by atoms with Gasteiger partial charge in [0.05, 0.1) is 69.7 Å².